The summed E-state index contributed by atoms with van der Waals surface area (Å²) in [7, 11) is 0. The van der Waals surface area contributed by atoms with E-state index in [0.29, 0.717) is 11.4 Å². The second kappa shape index (κ2) is 3.28. The molecule has 0 aliphatic heterocycles. The molecule has 1 aliphatic rings. The van der Waals surface area contributed by atoms with E-state index in [1.54, 1.807) is 12.1 Å². The van der Waals surface area contributed by atoms with Crippen LogP contribution in [0.5, 0.6) is 0 Å². The second-order valence-electron chi connectivity index (χ2n) is 3.49. The summed E-state index contributed by atoms with van der Waals surface area (Å²) in [5, 5.41) is 0.673. The van der Waals surface area contributed by atoms with E-state index in [-0.39, 0.29) is 12.0 Å². The number of halogens is 2. The molecular weight excluding hydrogens is 189 g/mol. The van der Waals surface area contributed by atoms with Crippen LogP contribution in [0.4, 0.5) is 4.39 Å². The highest BCUT2D eigenvalue weighted by Gasteiger charge is 2.39. The molecule has 3 heteroatoms. The minimum Gasteiger partial charge on any atom is -0.327 e. The first-order valence-corrected chi connectivity index (χ1v) is 4.71. The average Bonchev–Trinajstić information content (AvgIpc) is 2.09. The summed E-state index contributed by atoms with van der Waals surface area (Å²) < 4.78 is 13.1. The highest BCUT2D eigenvalue weighted by atomic mass is 35.5. The first-order valence-electron chi connectivity index (χ1n) is 4.33. The van der Waals surface area contributed by atoms with Crippen LogP contribution < -0.4 is 5.73 Å². The van der Waals surface area contributed by atoms with Crippen molar-refractivity contribution in [3.8, 4) is 0 Å². The Morgan fingerprint density at radius 2 is 1.92 bits per heavy atom. The SMILES string of the molecule is NC1CC(F)C1c1ccc(Cl)cc1. The largest absolute Gasteiger partial charge is 0.327 e. The standard InChI is InChI=1S/C10H11ClFN/c11-7-3-1-6(2-4-7)10-8(12)5-9(10)13/h1-4,8-10H,5,13H2. The van der Waals surface area contributed by atoms with Crippen LogP contribution in [0.15, 0.2) is 24.3 Å². The van der Waals surface area contributed by atoms with Crippen LogP contribution in [0, 0.1) is 0 Å². The lowest BCUT2D eigenvalue weighted by molar-refractivity contribution is 0.140. The molecule has 0 bridgehead atoms. The molecule has 70 valence electrons. The monoisotopic (exact) mass is 199 g/mol. The van der Waals surface area contributed by atoms with Crippen molar-refractivity contribution in [2.24, 2.45) is 5.73 Å². The van der Waals surface area contributed by atoms with Gasteiger partial charge in [0.2, 0.25) is 0 Å². The van der Waals surface area contributed by atoms with Gasteiger partial charge in [0.25, 0.3) is 0 Å². The Bertz CT molecular complexity index is 290. The lowest BCUT2D eigenvalue weighted by Gasteiger charge is -2.37. The Labute approximate surface area is 81.7 Å². The maximum atomic E-state index is 13.1. The van der Waals surface area contributed by atoms with Crippen molar-refractivity contribution in [2.75, 3.05) is 0 Å². The number of nitrogens with two attached hydrogens (primary N) is 1. The summed E-state index contributed by atoms with van der Waals surface area (Å²) in [4.78, 5) is 0. The smallest absolute Gasteiger partial charge is 0.110 e. The molecular formula is C10H11ClFN. The van der Waals surface area contributed by atoms with Gasteiger partial charge in [-0.25, -0.2) is 4.39 Å². The first-order chi connectivity index (χ1) is 6.18. The van der Waals surface area contributed by atoms with Crippen molar-refractivity contribution in [3.63, 3.8) is 0 Å². The topological polar surface area (TPSA) is 26.0 Å². The molecule has 1 aromatic carbocycles. The van der Waals surface area contributed by atoms with Crippen LogP contribution in [0.25, 0.3) is 0 Å². The third-order valence-electron chi connectivity index (χ3n) is 2.60. The fourth-order valence-electron chi connectivity index (χ4n) is 1.77. The second-order valence-corrected chi connectivity index (χ2v) is 3.93. The van der Waals surface area contributed by atoms with Crippen LogP contribution in [0.1, 0.15) is 17.9 Å². The summed E-state index contributed by atoms with van der Waals surface area (Å²) >= 11 is 5.73. The molecule has 2 rings (SSSR count). The van der Waals surface area contributed by atoms with Gasteiger partial charge in [-0.2, -0.15) is 0 Å². The first kappa shape index (κ1) is 8.97. The zero-order chi connectivity index (χ0) is 9.42. The van der Waals surface area contributed by atoms with Crippen LogP contribution >= 0.6 is 11.6 Å². The van der Waals surface area contributed by atoms with Gasteiger partial charge in [-0.15, -0.1) is 0 Å². The molecule has 3 unspecified atom stereocenters. The van der Waals surface area contributed by atoms with Crippen molar-refractivity contribution in [2.45, 2.75) is 24.6 Å². The Morgan fingerprint density at radius 1 is 1.31 bits per heavy atom. The quantitative estimate of drug-likeness (QED) is 0.739. The molecule has 0 heterocycles. The predicted octanol–water partition coefficient (Wildman–Crippen LogP) is 2.49. The summed E-state index contributed by atoms with van der Waals surface area (Å²) in [6.45, 7) is 0. The number of hydrogen-bond donors (Lipinski definition) is 1. The van der Waals surface area contributed by atoms with Crippen LogP contribution in [0.2, 0.25) is 5.02 Å². The van der Waals surface area contributed by atoms with E-state index < -0.39 is 6.17 Å². The Hall–Kier alpha value is -0.600. The van der Waals surface area contributed by atoms with Crippen LogP contribution in [-0.4, -0.2) is 12.2 Å². The number of hydrogen-bond acceptors (Lipinski definition) is 1. The third kappa shape index (κ3) is 1.56. The third-order valence-corrected chi connectivity index (χ3v) is 2.86. The Kier molecular flexibility index (Phi) is 2.26. The zero-order valence-corrected chi connectivity index (χ0v) is 7.84. The lowest BCUT2D eigenvalue weighted by Crippen LogP contribution is -2.46. The van der Waals surface area contributed by atoms with Crippen molar-refractivity contribution in [1.82, 2.24) is 0 Å². The maximum Gasteiger partial charge on any atom is 0.110 e. The summed E-state index contributed by atoms with van der Waals surface area (Å²) in [6.07, 6.45) is -0.302. The van der Waals surface area contributed by atoms with E-state index in [1.807, 2.05) is 12.1 Å². The molecule has 0 amide bonds. The van der Waals surface area contributed by atoms with Gasteiger partial charge >= 0.3 is 0 Å². The normalized spacial score (nSPS) is 32.7. The van der Waals surface area contributed by atoms with E-state index in [1.165, 1.54) is 0 Å². The van der Waals surface area contributed by atoms with Crippen LogP contribution in [0.3, 0.4) is 0 Å². The number of rotatable bonds is 1. The lowest BCUT2D eigenvalue weighted by atomic mass is 9.74. The average molecular weight is 200 g/mol. The van der Waals surface area contributed by atoms with E-state index in [9.17, 15) is 4.39 Å². The summed E-state index contributed by atoms with van der Waals surface area (Å²) in [6, 6.07) is 7.21. The zero-order valence-electron chi connectivity index (χ0n) is 7.08. The molecule has 1 saturated carbocycles. The van der Waals surface area contributed by atoms with Crippen molar-refractivity contribution < 1.29 is 4.39 Å². The minimum absolute atomic E-state index is 0.0313. The molecule has 1 fully saturated rings. The van der Waals surface area contributed by atoms with Gasteiger partial charge in [0.1, 0.15) is 6.17 Å². The molecule has 1 nitrogen and oxygen atoms in total. The Morgan fingerprint density at radius 3 is 2.38 bits per heavy atom. The minimum atomic E-state index is -0.781. The van der Waals surface area contributed by atoms with Crippen molar-refractivity contribution in [3.05, 3.63) is 34.9 Å². The van der Waals surface area contributed by atoms with Crippen LogP contribution in [-0.2, 0) is 0 Å². The van der Waals surface area contributed by atoms with Gasteiger partial charge < -0.3 is 5.73 Å². The fourth-order valence-corrected chi connectivity index (χ4v) is 1.89. The predicted molar refractivity (Wildman–Crippen MR) is 51.7 cm³/mol. The highest BCUT2D eigenvalue weighted by molar-refractivity contribution is 6.30. The van der Waals surface area contributed by atoms with Gasteiger partial charge in [-0.05, 0) is 24.1 Å². The molecule has 13 heavy (non-hydrogen) atoms. The number of alkyl halides is 1. The van der Waals surface area contributed by atoms with E-state index in [0.717, 1.165) is 5.56 Å². The van der Waals surface area contributed by atoms with Gasteiger partial charge in [-0.1, -0.05) is 23.7 Å². The molecule has 1 aromatic rings. The molecule has 0 spiro atoms. The summed E-state index contributed by atoms with van der Waals surface area (Å²) in [5.74, 6) is -0.128. The van der Waals surface area contributed by atoms with E-state index in [4.69, 9.17) is 17.3 Å². The van der Waals surface area contributed by atoms with Crippen molar-refractivity contribution >= 4 is 11.6 Å². The summed E-state index contributed by atoms with van der Waals surface area (Å²) in [5.41, 5.74) is 6.66. The van der Waals surface area contributed by atoms with Crippen molar-refractivity contribution in [1.29, 1.82) is 0 Å². The van der Waals surface area contributed by atoms with Gasteiger partial charge in [0.05, 0.1) is 0 Å². The number of benzene rings is 1. The fraction of sp³-hybridized carbons (Fsp3) is 0.400. The molecule has 0 radical (unpaired) electrons. The molecule has 3 atom stereocenters. The van der Waals surface area contributed by atoms with Gasteiger partial charge in [-0.3, -0.25) is 0 Å². The van der Waals surface area contributed by atoms with Gasteiger partial charge in [0, 0.05) is 17.0 Å². The maximum absolute atomic E-state index is 13.1. The van der Waals surface area contributed by atoms with E-state index in [2.05, 4.69) is 0 Å². The molecule has 2 N–H and O–H groups in total. The Balaban J connectivity index is 2.21. The molecule has 1 aliphatic carbocycles. The highest BCUT2D eigenvalue weighted by Crippen LogP contribution is 2.38. The molecule has 0 aromatic heterocycles. The van der Waals surface area contributed by atoms with Gasteiger partial charge in [0.15, 0.2) is 0 Å². The van der Waals surface area contributed by atoms with E-state index >= 15 is 0 Å². The molecule has 0 saturated heterocycles.